The zero-order chi connectivity index (χ0) is 18.2. The first-order valence-electron chi connectivity index (χ1n) is 7.98. The molecule has 1 aromatic rings. The van der Waals surface area contributed by atoms with Gasteiger partial charge in [0.2, 0.25) is 20.0 Å². The Balaban J connectivity index is 2.01. The van der Waals surface area contributed by atoms with Crippen LogP contribution >= 0.6 is 0 Å². The summed E-state index contributed by atoms with van der Waals surface area (Å²) in [6.07, 6.45) is 2.84. The van der Waals surface area contributed by atoms with E-state index in [4.69, 9.17) is 0 Å². The second kappa shape index (κ2) is 6.74. The highest BCUT2D eigenvalue weighted by Crippen LogP contribution is 2.28. The summed E-state index contributed by atoms with van der Waals surface area (Å²) < 4.78 is 52.0. The summed E-state index contributed by atoms with van der Waals surface area (Å²) in [7, 11) is -6.95. The normalized spacial score (nSPS) is 16.5. The lowest BCUT2D eigenvalue weighted by Crippen LogP contribution is -2.39. The summed E-state index contributed by atoms with van der Waals surface area (Å²) >= 11 is 0. The fraction of sp³-hybridized carbons (Fsp3) is 0.625. The Hall–Kier alpha value is -0.960. The smallest absolute Gasteiger partial charge is 0.212 e. The lowest BCUT2D eigenvalue weighted by molar-refractivity contribution is 0.410. The number of rotatable bonds is 7. The molecule has 1 N–H and O–H groups in total. The van der Waals surface area contributed by atoms with Gasteiger partial charge in [-0.05, 0) is 36.0 Å². The van der Waals surface area contributed by atoms with Crippen LogP contribution in [0.25, 0.3) is 0 Å². The van der Waals surface area contributed by atoms with Crippen molar-refractivity contribution in [1.29, 1.82) is 0 Å². The number of nitrogens with zero attached hydrogens (tertiary/aromatic N) is 1. The molecule has 1 aliphatic carbocycles. The van der Waals surface area contributed by atoms with Crippen molar-refractivity contribution in [2.45, 2.75) is 50.0 Å². The van der Waals surface area contributed by atoms with Crippen LogP contribution in [0.2, 0.25) is 0 Å². The molecule has 6 nitrogen and oxygen atoms in total. The van der Waals surface area contributed by atoms with Crippen LogP contribution in [0.4, 0.5) is 0 Å². The summed E-state index contributed by atoms with van der Waals surface area (Å²) in [4.78, 5) is 0.188. The topological polar surface area (TPSA) is 83.6 Å². The van der Waals surface area contributed by atoms with Gasteiger partial charge >= 0.3 is 0 Å². The van der Waals surface area contributed by atoms with Crippen molar-refractivity contribution in [2.24, 2.45) is 0 Å². The highest BCUT2D eigenvalue weighted by Gasteiger charge is 2.34. The molecule has 24 heavy (non-hydrogen) atoms. The molecule has 0 radical (unpaired) electrons. The van der Waals surface area contributed by atoms with Gasteiger partial charge in [0.25, 0.3) is 0 Å². The Labute approximate surface area is 145 Å². The lowest BCUT2D eigenvalue weighted by Gasteiger charge is -2.20. The van der Waals surface area contributed by atoms with Gasteiger partial charge in [-0.2, -0.15) is 4.31 Å². The van der Waals surface area contributed by atoms with Crippen molar-refractivity contribution in [3.63, 3.8) is 0 Å². The van der Waals surface area contributed by atoms with Crippen molar-refractivity contribution in [3.8, 4) is 0 Å². The van der Waals surface area contributed by atoms with Crippen LogP contribution in [-0.4, -0.2) is 46.5 Å². The van der Waals surface area contributed by atoms with Crippen LogP contribution in [0.1, 0.15) is 39.2 Å². The van der Waals surface area contributed by atoms with Crippen LogP contribution in [0.5, 0.6) is 0 Å². The Kier molecular flexibility index (Phi) is 5.44. The van der Waals surface area contributed by atoms with Gasteiger partial charge in [0.05, 0.1) is 11.2 Å². The first kappa shape index (κ1) is 19.4. The SMILES string of the molecule is CC(C)(C)c1ccc(S(=O)(=O)NCCN(C2CC2)S(C)(=O)=O)cc1. The van der Waals surface area contributed by atoms with Gasteiger partial charge < -0.3 is 0 Å². The van der Waals surface area contributed by atoms with E-state index in [-0.39, 0.29) is 29.4 Å². The molecule has 0 aromatic heterocycles. The second-order valence-corrected chi connectivity index (χ2v) is 11.0. The minimum absolute atomic E-state index is 0.0237. The summed E-state index contributed by atoms with van der Waals surface area (Å²) in [5.41, 5.74) is 1.01. The Morgan fingerprint density at radius 1 is 1.08 bits per heavy atom. The molecule has 0 unspecified atom stereocenters. The molecule has 0 aliphatic heterocycles. The average Bonchev–Trinajstić information content (AvgIpc) is 3.26. The largest absolute Gasteiger partial charge is 0.240 e. The number of benzene rings is 1. The standard InChI is InChI=1S/C16H26N2O4S2/c1-16(2,3)13-5-9-15(10-6-13)24(21,22)17-11-12-18(14-7-8-14)23(4,19)20/h5-6,9-10,14,17H,7-8,11-12H2,1-4H3. The van der Waals surface area contributed by atoms with Crippen molar-refractivity contribution >= 4 is 20.0 Å². The van der Waals surface area contributed by atoms with E-state index in [9.17, 15) is 16.8 Å². The third-order valence-electron chi connectivity index (χ3n) is 4.04. The molecule has 1 aromatic carbocycles. The molecular formula is C16H26N2O4S2. The van der Waals surface area contributed by atoms with E-state index in [0.717, 1.165) is 24.7 Å². The van der Waals surface area contributed by atoms with E-state index in [2.05, 4.69) is 25.5 Å². The zero-order valence-corrected chi connectivity index (χ0v) is 16.2. The Bertz CT molecular complexity index is 774. The highest BCUT2D eigenvalue weighted by molar-refractivity contribution is 7.89. The van der Waals surface area contributed by atoms with Gasteiger partial charge in [0.15, 0.2) is 0 Å². The number of hydrogen-bond donors (Lipinski definition) is 1. The maximum atomic E-state index is 12.3. The van der Waals surface area contributed by atoms with E-state index in [1.54, 1.807) is 12.1 Å². The molecule has 1 aliphatic rings. The fourth-order valence-corrected chi connectivity index (χ4v) is 4.69. The maximum absolute atomic E-state index is 12.3. The second-order valence-electron chi connectivity index (χ2n) is 7.28. The van der Waals surface area contributed by atoms with E-state index in [1.165, 1.54) is 4.31 Å². The summed E-state index contributed by atoms with van der Waals surface area (Å²) in [6.45, 7) is 6.40. The number of nitrogens with one attached hydrogen (secondary N) is 1. The molecule has 0 atom stereocenters. The predicted octanol–water partition coefficient (Wildman–Crippen LogP) is 1.69. The number of hydrogen-bond acceptors (Lipinski definition) is 4. The quantitative estimate of drug-likeness (QED) is 0.787. The molecule has 2 rings (SSSR count). The first-order valence-corrected chi connectivity index (χ1v) is 11.3. The van der Waals surface area contributed by atoms with Crippen molar-refractivity contribution < 1.29 is 16.8 Å². The van der Waals surface area contributed by atoms with Crippen molar-refractivity contribution in [2.75, 3.05) is 19.3 Å². The Morgan fingerprint density at radius 3 is 2.04 bits per heavy atom. The monoisotopic (exact) mass is 374 g/mol. The molecular weight excluding hydrogens is 348 g/mol. The van der Waals surface area contributed by atoms with Crippen molar-refractivity contribution in [3.05, 3.63) is 29.8 Å². The van der Waals surface area contributed by atoms with E-state index in [0.29, 0.717) is 0 Å². The highest BCUT2D eigenvalue weighted by atomic mass is 32.2. The predicted molar refractivity (Wildman–Crippen MR) is 94.9 cm³/mol. The minimum Gasteiger partial charge on any atom is -0.212 e. The third-order valence-corrected chi connectivity index (χ3v) is 6.84. The van der Waals surface area contributed by atoms with E-state index in [1.807, 2.05) is 12.1 Å². The molecule has 1 saturated carbocycles. The molecule has 0 bridgehead atoms. The molecule has 8 heteroatoms. The molecule has 1 fully saturated rings. The van der Waals surface area contributed by atoms with E-state index >= 15 is 0 Å². The van der Waals surface area contributed by atoms with Crippen LogP contribution < -0.4 is 4.72 Å². The van der Waals surface area contributed by atoms with E-state index < -0.39 is 20.0 Å². The first-order chi connectivity index (χ1) is 10.9. The molecule has 136 valence electrons. The van der Waals surface area contributed by atoms with Crippen LogP contribution in [0, 0.1) is 0 Å². The minimum atomic E-state index is -3.64. The van der Waals surface area contributed by atoms with Gasteiger partial charge in [-0.1, -0.05) is 32.9 Å². The number of sulfonamides is 2. The molecule has 0 amide bonds. The van der Waals surface area contributed by atoms with Crippen LogP contribution in [0.15, 0.2) is 29.2 Å². The summed E-state index contributed by atoms with van der Waals surface area (Å²) in [6, 6.07) is 6.80. The maximum Gasteiger partial charge on any atom is 0.240 e. The van der Waals surface area contributed by atoms with Gasteiger partial charge in [0, 0.05) is 19.1 Å². The fourth-order valence-electron chi connectivity index (χ4n) is 2.49. The summed E-state index contributed by atoms with van der Waals surface area (Å²) in [5, 5.41) is 0. The van der Waals surface area contributed by atoms with Gasteiger partial charge in [-0.25, -0.2) is 21.6 Å². The van der Waals surface area contributed by atoms with Crippen LogP contribution in [-0.2, 0) is 25.5 Å². The molecule has 0 saturated heterocycles. The lowest BCUT2D eigenvalue weighted by atomic mass is 9.87. The molecule has 0 spiro atoms. The molecule has 0 heterocycles. The van der Waals surface area contributed by atoms with Crippen LogP contribution in [0.3, 0.4) is 0 Å². The average molecular weight is 375 g/mol. The third kappa shape index (κ3) is 5.02. The van der Waals surface area contributed by atoms with Gasteiger partial charge in [-0.15, -0.1) is 0 Å². The zero-order valence-electron chi connectivity index (χ0n) is 14.6. The van der Waals surface area contributed by atoms with Crippen molar-refractivity contribution in [1.82, 2.24) is 9.03 Å². The van der Waals surface area contributed by atoms with Gasteiger partial charge in [-0.3, -0.25) is 0 Å². The van der Waals surface area contributed by atoms with Gasteiger partial charge in [0.1, 0.15) is 0 Å². The summed E-state index contributed by atoms with van der Waals surface area (Å²) in [5.74, 6) is 0. The Morgan fingerprint density at radius 2 is 1.62 bits per heavy atom.